The third-order valence-electron chi connectivity index (χ3n) is 2.60. The minimum absolute atomic E-state index is 0. The zero-order valence-corrected chi connectivity index (χ0v) is 20.6. The Balaban J connectivity index is 0.000000459. The standard InChI is InChI=1S/C8H7BrClN3OS.2C6H5.Sn/c9-6-2-5(10)1-4(7(6)14)3-12-13-8(11)15;2*1-2-4-6-5-3-1;/h1-3,14H,(H3,11,13,15);2*1-5H;/q;;;+2/p-2/b12-3+;;;. The van der Waals surface area contributed by atoms with Gasteiger partial charge in [0, 0.05) is 9.50 Å². The molecule has 140 valence electrons. The Bertz CT molecular complexity index is 764. The van der Waals surface area contributed by atoms with Crippen LogP contribution in [0.25, 0.3) is 0 Å². The van der Waals surface area contributed by atoms with Crippen LogP contribution in [0.15, 0.2) is 87.5 Å². The van der Waals surface area contributed by atoms with Gasteiger partial charge in [0.05, 0.1) is 6.21 Å². The molecule has 0 bridgehead atoms. The van der Waals surface area contributed by atoms with Gasteiger partial charge in [0.1, 0.15) is 0 Å². The van der Waals surface area contributed by atoms with Crippen LogP contribution in [0.5, 0.6) is 5.75 Å². The van der Waals surface area contributed by atoms with Gasteiger partial charge in [0.2, 0.25) is 0 Å². The summed E-state index contributed by atoms with van der Waals surface area (Å²) < 4.78 is 0.367. The summed E-state index contributed by atoms with van der Waals surface area (Å²) in [5.41, 5.74) is 5.41. The van der Waals surface area contributed by atoms with Gasteiger partial charge in [0.25, 0.3) is 0 Å². The minimum Gasteiger partial charge on any atom is -0.871 e. The summed E-state index contributed by atoms with van der Waals surface area (Å²) >= 11 is 13.3. The second-order valence-corrected chi connectivity index (χ2v) is 6.35. The molecule has 0 spiro atoms. The molecule has 0 heterocycles. The molecule has 3 aromatic rings. The van der Waals surface area contributed by atoms with Crippen LogP contribution in [0.4, 0.5) is 0 Å². The Hall–Kier alpha value is -1.61. The van der Waals surface area contributed by atoms with E-state index in [4.69, 9.17) is 17.3 Å². The van der Waals surface area contributed by atoms with E-state index in [0.717, 1.165) is 0 Å². The van der Waals surface area contributed by atoms with Crippen LogP contribution in [0.2, 0.25) is 5.02 Å². The second kappa shape index (κ2) is 16.4. The molecule has 0 fully saturated rings. The van der Waals surface area contributed by atoms with Gasteiger partial charge in [-0.3, -0.25) is 0 Å². The van der Waals surface area contributed by atoms with Gasteiger partial charge in [-0.15, -0.1) is 0 Å². The van der Waals surface area contributed by atoms with Gasteiger partial charge in [-0.1, -0.05) is 93.9 Å². The first-order valence-corrected chi connectivity index (χ1v) is 9.10. The molecule has 3 rings (SSSR count). The van der Waals surface area contributed by atoms with Crippen molar-refractivity contribution in [2.24, 2.45) is 15.9 Å². The van der Waals surface area contributed by atoms with Crippen molar-refractivity contribution in [3.63, 3.8) is 0 Å². The third kappa shape index (κ3) is 12.7. The van der Waals surface area contributed by atoms with Crippen molar-refractivity contribution < 1.29 is 5.11 Å². The van der Waals surface area contributed by atoms with E-state index >= 15 is 0 Å². The molecule has 2 N–H and O–H groups in total. The Morgan fingerprint density at radius 1 is 1.04 bits per heavy atom. The van der Waals surface area contributed by atoms with E-state index in [1.165, 1.54) is 18.3 Å². The van der Waals surface area contributed by atoms with Crippen molar-refractivity contribution >= 4 is 75.4 Å². The SMILES string of the molecule is NC([S-])=N/N=C/c1cc(Cl)cc(Br)c1[O-].[Sn+2].[c]1ccccc1.[c]1ccccc1. The molecule has 0 aliphatic heterocycles. The predicted molar refractivity (Wildman–Crippen MR) is 121 cm³/mol. The van der Waals surface area contributed by atoms with Crippen molar-refractivity contribution in [3.05, 3.63) is 100.0 Å². The predicted octanol–water partition coefficient (Wildman–Crippen LogP) is 3.96. The van der Waals surface area contributed by atoms with E-state index in [0.29, 0.717) is 15.1 Å². The summed E-state index contributed by atoms with van der Waals surface area (Å²) in [5, 5.41) is 18.8. The second-order valence-electron chi connectivity index (χ2n) is 4.64. The molecule has 28 heavy (non-hydrogen) atoms. The molecule has 3 aromatic carbocycles. The molecular formula is C20H15BrClN3OSSn. The summed E-state index contributed by atoms with van der Waals surface area (Å²) in [6, 6.07) is 28.0. The topological polar surface area (TPSA) is 73.8 Å². The largest absolute Gasteiger partial charge is 2.00 e. The number of rotatable bonds is 2. The van der Waals surface area contributed by atoms with E-state index in [1.807, 2.05) is 60.7 Å². The van der Waals surface area contributed by atoms with Crippen molar-refractivity contribution in [2.45, 2.75) is 0 Å². The first kappa shape index (κ1) is 26.4. The Morgan fingerprint density at radius 2 is 1.54 bits per heavy atom. The number of nitrogens with zero attached hydrogens (tertiary/aromatic N) is 2. The maximum Gasteiger partial charge on any atom is 2.00 e. The molecule has 0 atom stereocenters. The minimum atomic E-state index is -0.221. The van der Waals surface area contributed by atoms with Crippen LogP contribution in [0.3, 0.4) is 0 Å². The molecule has 0 amide bonds. The van der Waals surface area contributed by atoms with E-state index in [1.54, 1.807) is 0 Å². The number of halogens is 2. The molecule has 8 heteroatoms. The van der Waals surface area contributed by atoms with Crippen LogP contribution in [-0.2, 0) is 12.6 Å². The number of benzene rings is 3. The molecule has 0 unspecified atom stereocenters. The average molecular weight is 579 g/mol. The van der Waals surface area contributed by atoms with Crippen LogP contribution in [0, 0.1) is 12.1 Å². The van der Waals surface area contributed by atoms with Crippen molar-refractivity contribution in [2.75, 3.05) is 0 Å². The summed E-state index contributed by atoms with van der Waals surface area (Å²) in [6.07, 6.45) is 1.25. The van der Waals surface area contributed by atoms with E-state index in [-0.39, 0.29) is 34.8 Å². The number of hydrogen-bond acceptors (Lipinski definition) is 4. The fourth-order valence-corrected chi connectivity index (χ4v) is 2.39. The Labute approximate surface area is 201 Å². The maximum atomic E-state index is 11.5. The van der Waals surface area contributed by atoms with Crippen LogP contribution in [-0.4, -0.2) is 35.3 Å². The summed E-state index contributed by atoms with van der Waals surface area (Å²) in [4.78, 5) is 0. The van der Waals surface area contributed by atoms with Crippen LogP contribution < -0.4 is 10.8 Å². The molecule has 0 aliphatic rings. The van der Waals surface area contributed by atoms with Crippen LogP contribution in [0.1, 0.15) is 5.56 Å². The van der Waals surface area contributed by atoms with Crippen molar-refractivity contribution in [1.82, 2.24) is 0 Å². The fourth-order valence-electron chi connectivity index (χ4n) is 1.51. The Kier molecular flexibility index (Phi) is 15.4. The van der Waals surface area contributed by atoms with E-state index in [2.05, 4.69) is 50.9 Å². The van der Waals surface area contributed by atoms with Gasteiger partial charge in [-0.05, 0) is 35.0 Å². The van der Waals surface area contributed by atoms with Gasteiger partial charge in [-0.25, -0.2) is 0 Å². The average Bonchev–Trinajstić information content (AvgIpc) is 2.69. The molecule has 0 aliphatic carbocycles. The Morgan fingerprint density at radius 3 is 1.89 bits per heavy atom. The summed E-state index contributed by atoms with van der Waals surface area (Å²) in [6.45, 7) is 0. The maximum absolute atomic E-state index is 11.5. The molecule has 0 saturated heterocycles. The van der Waals surface area contributed by atoms with Gasteiger partial charge < -0.3 is 23.5 Å². The monoisotopic (exact) mass is 579 g/mol. The molecule has 4 nitrogen and oxygen atoms in total. The van der Waals surface area contributed by atoms with Gasteiger partial charge in [0.15, 0.2) is 0 Å². The van der Waals surface area contributed by atoms with E-state index in [9.17, 15) is 5.11 Å². The molecule has 0 aromatic heterocycles. The van der Waals surface area contributed by atoms with Gasteiger partial charge in [-0.2, -0.15) is 10.2 Å². The first-order valence-electron chi connectivity index (χ1n) is 7.52. The van der Waals surface area contributed by atoms with Crippen LogP contribution >= 0.6 is 27.5 Å². The zero-order chi connectivity index (χ0) is 19.9. The number of hydrogen-bond donors (Lipinski definition) is 1. The first-order chi connectivity index (χ1) is 13.0. The normalized spacial score (nSPS) is 10.0. The number of amidine groups is 1. The fraction of sp³-hybridized carbons (Fsp3) is 0. The molecular weight excluding hydrogens is 564 g/mol. The summed E-state index contributed by atoms with van der Waals surface area (Å²) in [7, 11) is 0. The van der Waals surface area contributed by atoms with Crippen molar-refractivity contribution in [1.29, 1.82) is 0 Å². The van der Waals surface area contributed by atoms with E-state index < -0.39 is 0 Å². The smallest absolute Gasteiger partial charge is 0.871 e. The molecule has 4 radical (unpaired) electrons. The van der Waals surface area contributed by atoms with Gasteiger partial charge >= 0.3 is 23.9 Å². The summed E-state index contributed by atoms with van der Waals surface area (Å²) in [5.74, 6) is -0.221. The quantitative estimate of drug-likeness (QED) is 0.164. The number of nitrogens with two attached hydrogens (primary N) is 1. The molecule has 0 saturated carbocycles. The van der Waals surface area contributed by atoms with Crippen molar-refractivity contribution in [3.8, 4) is 5.75 Å². The third-order valence-corrected chi connectivity index (χ3v) is 3.49. The zero-order valence-electron chi connectivity index (χ0n) is 14.5.